The first-order chi connectivity index (χ1) is 9.33. The van der Waals surface area contributed by atoms with Gasteiger partial charge in [0.2, 0.25) is 0 Å². The molecule has 106 valence electrons. The zero-order valence-corrected chi connectivity index (χ0v) is 12.5. The number of allylic oxidation sites excluding steroid dienone is 2. The Bertz CT molecular complexity index is 354. The Morgan fingerprint density at radius 3 is 2.53 bits per heavy atom. The van der Waals surface area contributed by atoms with Gasteiger partial charge in [-0.25, -0.2) is 0 Å². The molecule has 0 fully saturated rings. The molecule has 0 saturated carbocycles. The summed E-state index contributed by atoms with van der Waals surface area (Å²) in [7, 11) is 0. The summed E-state index contributed by atoms with van der Waals surface area (Å²) in [5.41, 5.74) is 1.25. The van der Waals surface area contributed by atoms with Crippen LogP contribution >= 0.6 is 0 Å². The monoisotopic (exact) mass is 260 g/mol. The van der Waals surface area contributed by atoms with Crippen LogP contribution in [0.15, 0.2) is 36.4 Å². The lowest BCUT2D eigenvalue weighted by Crippen LogP contribution is -1.96. The summed E-state index contributed by atoms with van der Waals surface area (Å²) in [6.07, 6.45) is 13.5. The van der Waals surface area contributed by atoms with E-state index in [0.717, 1.165) is 25.2 Å². The molecule has 1 heteroatoms. The van der Waals surface area contributed by atoms with Crippen LogP contribution in [0.25, 0.3) is 0 Å². The van der Waals surface area contributed by atoms with Gasteiger partial charge in [0.05, 0.1) is 6.61 Å². The third-order valence-corrected chi connectivity index (χ3v) is 3.16. The second-order valence-corrected chi connectivity index (χ2v) is 5.13. The highest BCUT2D eigenvalue weighted by molar-refractivity contribution is 5.27. The van der Waals surface area contributed by atoms with Crippen molar-refractivity contribution in [2.45, 2.75) is 58.8 Å². The number of ether oxygens (including phenoxy) is 1. The summed E-state index contributed by atoms with van der Waals surface area (Å²) in [5.74, 6) is 0.989. The summed E-state index contributed by atoms with van der Waals surface area (Å²) in [5, 5.41) is 0. The van der Waals surface area contributed by atoms with Gasteiger partial charge in [0.1, 0.15) is 5.75 Å². The Hall–Kier alpha value is -1.24. The molecule has 0 spiro atoms. The molecule has 0 aromatic heterocycles. The summed E-state index contributed by atoms with van der Waals surface area (Å²) >= 11 is 0. The van der Waals surface area contributed by atoms with E-state index in [2.05, 4.69) is 38.1 Å². The van der Waals surface area contributed by atoms with Gasteiger partial charge in [0.15, 0.2) is 0 Å². The standard InChI is InChI=1S/C18H28O/c1-3-4-5-6-7-8-9-10-11-15-19-18-14-12-13-17(2)16-18/h8-9,12-14,16H,3-7,10-11,15H2,1-2H3/b9-8-. The van der Waals surface area contributed by atoms with Gasteiger partial charge >= 0.3 is 0 Å². The summed E-state index contributed by atoms with van der Waals surface area (Å²) < 4.78 is 5.71. The maximum absolute atomic E-state index is 5.71. The van der Waals surface area contributed by atoms with E-state index < -0.39 is 0 Å². The fraction of sp³-hybridized carbons (Fsp3) is 0.556. The number of hydrogen-bond donors (Lipinski definition) is 0. The van der Waals surface area contributed by atoms with Gasteiger partial charge in [-0.05, 0) is 50.3 Å². The fourth-order valence-electron chi connectivity index (χ4n) is 2.02. The number of hydrogen-bond acceptors (Lipinski definition) is 1. The molecule has 1 aromatic rings. The van der Waals surface area contributed by atoms with E-state index in [9.17, 15) is 0 Å². The molecule has 0 unspecified atom stereocenters. The van der Waals surface area contributed by atoms with Crippen molar-refractivity contribution in [2.24, 2.45) is 0 Å². The van der Waals surface area contributed by atoms with Crippen LogP contribution in [0.1, 0.15) is 57.4 Å². The molecule has 0 aliphatic heterocycles. The Labute approximate surface area is 118 Å². The molecule has 0 aliphatic rings. The van der Waals surface area contributed by atoms with Crippen molar-refractivity contribution in [2.75, 3.05) is 6.61 Å². The lowest BCUT2D eigenvalue weighted by Gasteiger charge is -2.05. The molecular weight excluding hydrogens is 232 g/mol. The molecule has 1 rings (SSSR count). The molecular formula is C18H28O. The van der Waals surface area contributed by atoms with Crippen molar-refractivity contribution in [1.29, 1.82) is 0 Å². The number of unbranched alkanes of at least 4 members (excludes halogenated alkanes) is 5. The number of aryl methyl sites for hydroxylation is 1. The second kappa shape index (κ2) is 10.7. The smallest absolute Gasteiger partial charge is 0.119 e. The van der Waals surface area contributed by atoms with Crippen LogP contribution in [-0.2, 0) is 0 Å². The second-order valence-electron chi connectivity index (χ2n) is 5.13. The molecule has 1 aromatic carbocycles. The van der Waals surface area contributed by atoms with Crippen molar-refractivity contribution in [3.05, 3.63) is 42.0 Å². The highest BCUT2D eigenvalue weighted by Crippen LogP contribution is 2.12. The third kappa shape index (κ3) is 8.47. The maximum atomic E-state index is 5.71. The predicted molar refractivity (Wildman–Crippen MR) is 83.8 cm³/mol. The first-order valence-corrected chi connectivity index (χ1v) is 7.67. The fourth-order valence-corrected chi connectivity index (χ4v) is 2.02. The molecule has 0 atom stereocenters. The molecule has 1 nitrogen and oxygen atoms in total. The van der Waals surface area contributed by atoms with Crippen molar-refractivity contribution in [1.82, 2.24) is 0 Å². The highest BCUT2D eigenvalue weighted by Gasteiger charge is 1.92. The lowest BCUT2D eigenvalue weighted by atomic mass is 10.1. The summed E-state index contributed by atoms with van der Waals surface area (Å²) in [6.45, 7) is 5.15. The zero-order valence-electron chi connectivity index (χ0n) is 12.5. The van der Waals surface area contributed by atoms with Crippen molar-refractivity contribution < 1.29 is 4.74 Å². The van der Waals surface area contributed by atoms with E-state index in [1.807, 2.05) is 12.1 Å². The van der Waals surface area contributed by atoms with Gasteiger partial charge in [0.25, 0.3) is 0 Å². The van der Waals surface area contributed by atoms with Crippen LogP contribution in [0.3, 0.4) is 0 Å². The minimum Gasteiger partial charge on any atom is -0.494 e. The largest absolute Gasteiger partial charge is 0.494 e. The van der Waals surface area contributed by atoms with Gasteiger partial charge in [-0.3, -0.25) is 0 Å². The Balaban J connectivity index is 1.97. The minimum absolute atomic E-state index is 0.809. The lowest BCUT2D eigenvalue weighted by molar-refractivity contribution is 0.312. The van der Waals surface area contributed by atoms with E-state index in [4.69, 9.17) is 4.74 Å². The van der Waals surface area contributed by atoms with Crippen LogP contribution in [0.5, 0.6) is 5.75 Å². The summed E-state index contributed by atoms with van der Waals surface area (Å²) in [6, 6.07) is 8.25. The summed E-state index contributed by atoms with van der Waals surface area (Å²) in [4.78, 5) is 0. The molecule has 19 heavy (non-hydrogen) atoms. The molecule has 0 bridgehead atoms. The number of rotatable bonds is 10. The topological polar surface area (TPSA) is 9.23 Å². The van der Waals surface area contributed by atoms with Crippen molar-refractivity contribution >= 4 is 0 Å². The highest BCUT2D eigenvalue weighted by atomic mass is 16.5. The van der Waals surface area contributed by atoms with E-state index in [0.29, 0.717) is 0 Å². The molecule has 0 amide bonds. The molecule has 0 N–H and O–H groups in total. The van der Waals surface area contributed by atoms with Crippen LogP contribution in [0, 0.1) is 6.92 Å². The van der Waals surface area contributed by atoms with Crippen molar-refractivity contribution in [3.63, 3.8) is 0 Å². The van der Waals surface area contributed by atoms with E-state index in [-0.39, 0.29) is 0 Å². The average Bonchev–Trinajstić information content (AvgIpc) is 2.41. The maximum Gasteiger partial charge on any atom is 0.119 e. The predicted octanol–water partition coefficient (Wildman–Crippen LogP) is 5.68. The molecule has 0 saturated heterocycles. The van der Waals surface area contributed by atoms with E-state index >= 15 is 0 Å². The van der Waals surface area contributed by atoms with Crippen LogP contribution in [-0.4, -0.2) is 6.61 Å². The molecule has 0 heterocycles. The van der Waals surface area contributed by atoms with E-state index in [1.165, 1.54) is 37.7 Å². The van der Waals surface area contributed by atoms with Gasteiger partial charge < -0.3 is 4.74 Å². The zero-order chi connectivity index (χ0) is 13.8. The Morgan fingerprint density at radius 1 is 1.00 bits per heavy atom. The SMILES string of the molecule is CCCCCC/C=C\CCCOc1cccc(C)c1. The number of benzene rings is 1. The van der Waals surface area contributed by atoms with Crippen LogP contribution in [0.2, 0.25) is 0 Å². The van der Waals surface area contributed by atoms with E-state index in [1.54, 1.807) is 0 Å². The van der Waals surface area contributed by atoms with Gasteiger partial charge in [-0.2, -0.15) is 0 Å². The third-order valence-electron chi connectivity index (χ3n) is 3.16. The van der Waals surface area contributed by atoms with Crippen LogP contribution < -0.4 is 4.74 Å². The molecule has 0 aliphatic carbocycles. The average molecular weight is 260 g/mol. The van der Waals surface area contributed by atoms with Gasteiger partial charge in [0, 0.05) is 0 Å². The first kappa shape index (κ1) is 15.8. The molecule has 0 radical (unpaired) electrons. The Kier molecular flexibility index (Phi) is 8.87. The van der Waals surface area contributed by atoms with Gasteiger partial charge in [-0.15, -0.1) is 0 Å². The van der Waals surface area contributed by atoms with Crippen LogP contribution in [0.4, 0.5) is 0 Å². The first-order valence-electron chi connectivity index (χ1n) is 7.67. The Morgan fingerprint density at radius 2 is 1.79 bits per heavy atom. The minimum atomic E-state index is 0.809. The quantitative estimate of drug-likeness (QED) is 0.388. The normalized spacial score (nSPS) is 11.1. The van der Waals surface area contributed by atoms with Crippen molar-refractivity contribution in [3.8, 4) is 5.75 Å². The van der Waals surface area contributed by atoms with Gasteiger partial charge in [-0.1, -0.05) is 50.5 Å².